The molecule has 8 heteroatoms. The third-order valence-electron chi connectivity index (χ3n) is 3.74. The van der Waals surface area contributed by atoms with Gasteiger partial charge in [-0.25, -0.2) is 4.79 Å². The van der Waals surface area contributed by atoms with E-state index in [1.165, 1.54) is 0 Å². The molecule has 0 spiro atoms. The van der Waals surface area contributed by atoms with E-state index in [0.29, 0.717) is 5.56 Å². The average molecular weight is 380 g/mol. The molecule has 2 unspecified atom stereocenters. The largest absolute Gasteiger partial charge is 0.490 e. The van der Waals surface area contributed by atoms with Gasteiger partial charge in [0.1, 0.15) is 0 Å². The lowest BCUT2D eigenvalue weighted by Crippen LogP contribution is -2.51. The first kappa shape index (κ1) is 20.4. The highest BCUT2D eigenvalue weighted by Crippen LogP contribution is 2.19. The molecule has 0 heterocycles. The van der Waals surface area contributed by atoms with Crippen LogP contribution in [-0.2, 0) is 27.3 Å². The van der Waals surface area contributed by atoms with Gasteiger partial charge in [-0.3, -0.25) is 4.79 Å². The second-order valence-electron chi connectivity index (χ2n) is 5.88. The van der Waals surface area contributed by atoms with Gasteiger partial charge in [-0.05, 0) is 17.5 Å². The van der Waals surface area contributed by atoms with E-state index in [-0.39, 0.29) is 13.0 Å². The van der Waals surface area contributed by atoms with Crippen molar-refractivity contribution in [3.05, 3.63) is 71.8 Å². The first-order valence-electron chi connectivity index (χ1n) is 8.16. The van der Waals surface area contributed by atoms with E-state index in [1.807, 2.05) is 0 Å². The van der Waals surface area contributed by atoms with Crippen molar-refractivity contribution in [3.8, 4) is 0 Å². The summed E-state index contributed by atoms with van der Waals surface area (Å²) in [5.74, 6) is -3.34. The fourth-order valence-corrected chi connectivity index (χ4v) is 2.40. The quantitative estimate of drug-likeness (QED) is 0.723. The zero-order valence-electron chi connectivity index (χ0n) is 14.3. The standard InChI is InChI=1S/C19H19F3N2O3/c20-19(21,22)18(26)27-16(15(23)11-13-7-3-1-4-8-13)17(25)24-12-14-9-5-2-6-10-14/h1-10,15-16H,11-12,23H2,(H,24,25). The fourth-order valence-electron chi connectivity index (χ4n) is 2.40. The molecular formula is C19H19F3N2O3. The lowest BCUT2D eigenvalue weighted by Gasteiger charge is -2.24. The van der Waals surface area contributed by atoms with Crippen molar-refractivity contribution in [2.24, 2.45) is 5.73 Å². The molecule has 5 nitrogen and oxygen atoms in total. The monoisotopic (exact) mass is 380 g/mol. The van der Waals surface area contributed by atoms with Gasteiger partial charge in [0.05, 0.1) is 6.04 Å². The van der Waals surface area contributed by atoms with E-state index < -0.39 is 30.2 Å². The molecule has 2 rings (SSSR count). The van der Waals surface area contributed by atoms with Crippen LogP contribution in [0.4, 0.5) is 13.2 Å². The van der Waals surface area contributed by atoms with Crippen molar-refractivity contribution in [2.45, 2.75) is 31.3 Å². The highest BCUT2D eigenvalue weighted by Gasteiger charge is 2.44. The zero-order chi connectivity index (χ0) is 19.9. The Balaban J connectivity index is 2.10. The molecule has 0 aliphatic heterocycles. The van der Waals surface area contributed by atoms with Crippen molar-refractivity contribution < 1.29 is 27.5 Å². The molecule has 0 fully saturated rings. The molecule has 2 atom stereocenters. The molecule has 0 saturated heterocycles. The summed E-state index contributed by atoms with van der Waals surface area (Å²) < 4.78 is 42.1. The van der Waals surface area contributed by atoms with Crippen LogP contribution in [-0.4, -0.2) is 30.2 Å². The first-order chi connectivity index (χ1) is 12.8. The maximum absolute atomic E-state index is 12.6. The molecule has 0 bridgehead atoms. The van der Waals surface area contributed by atoms with E-state index in [1.54, 1.807) is 60.7 Å². The van der Waals surface area contributed by atoms with Crippen molar-refractivity contribution in [1.82, 2.24) is 5.32 Å². The normalized spacial score (nSPS) is 13.5. The molecule has 27 heavy (non-hydrogen) atoms. The zero-order valence-corrected chi connectivity index (χ0v) is 14.3. The first-order valence-corrected chi connectivity index (χ1v) is 8.16. The van der Waals surface area contributed by atoms with Crippen LogP contribution in [0.15, 0.2) is 60.7 Å². The Bertz CT molecular complexity index is 752. The fraction of sp³-hybridized carbons (Fsp3) is 0.263. The predicted octanol–water partition coefficient (Wildman–Crippen LogP) is 2.35. The number of rotatable bonds is 7. The van der Waals surface area contributed by atoms with Gasteiger partial charge in [0.2, 0.25) is 0 Å². The van der Waals surface area contributed by atoms with E-state index in [2.05, 4.69) is 10.1 Å². The summed E-state index contributed by atoms with van der Waals surface area (Å²) in [5.41, 5.74) is 7.35. The van der Waals surface area contributed by atoms with E-state index in [4.69, 9.17) is 5.73 Å². The summed E-state index contributed by atoms with van der Waals surface area (Å²) in [5, 5.41) is 2.46. The molecule has 0 radical (unpaired) electrons. The SMILES string of the molecule is NC(Cc1ccccc1)C(OC(=O)C(F)(F)F)C(=O)NCc1ccccc1. The molecule has 0 aliphatic carbocycles. The van der Waals surface area contributed by atoms with Gasteiger partial charge < -0.3 is 15.8 Å². The number of amides is 1. The van der Waals surface area contributed by atoms with Crippen LogP contribution in [0, 0.1) is 0 Å². The van der Waals surface area contributed by atoms with Crippen LogP contribution < -0.4 is 11.1 Å². The van der Waals surface area contributed by atoms with Gasteiger partial charge in [0.15, 0.2) is 6.10 Å². The second kappa shape index (κ2) is 9.18. The lowest BCUT2D eigenvalue weighted by molar-refractivity contribution is -0.206. The molecule has 3 N–H and O–H groups in total. The van der Waals surface area contributed by atoms with Crippen molar-refractivity contribution in [1.29, 1.82) is 0 Å². The summed E-state index contributed by atoms with van der Waals surface area (Å²) in [6, 6.07) is 16.3. The van der Waals surface area contributed by atoms with Gasteiger partial charge in [-0.1, -0.05) is 60.7 Å². The Labute approximate surface area is 154 Å². The molecule has 0 saturated carbocycles. The Morgan fingerprint density at radius 2 is 1.48 bits per heavy atom. The summed E-state index contributed by atoms with van der Waals surface area (Å²) in [6.07, 6.45) is -6.93. The molecule has 144 valence electrons. The number of esters is 1. The van der Waals surface area contributed by atoms with Gasteiger partial charge in [-0.2, -0.15) is 13.2 Å². The minimum Gasteiger partial charge on any atom is -0.444 e. The Morgan fingerprint density at radius 1 is 0.963 bits per heavy atom. The van der Waals surface area contributed by atoms with Gasteiger partial charge in [0, 0.05) is 6.54 Å². The molecule has 2 aromatic rings. The minimum atomic E-state index is -5.22. The second-order valence-corrected chi connectivity index (χ2v) is 5.88. The number of nitrogens with one attached hydrogen (secondary N) is 1. The number of nitrogens with two attached hydrogens (primary N) is 1. The van der Waals surface area contributed by atoms with Crippen molar-refractivity contribution >= 4 is 11.9 Å². The van der Waals surface area contributed by atoms with Gasteiger partial charge in [-0.15, -0.1) is 0 Å². The molecule has 0 aromatic heterocycles. The number of hydrogen-bond donors (Lipinski definition) is 2. The van der Waals surface area contributed by atoms with Crippen LogP contribution in [0.25, 0.3) is 0 Å². The van der Waals surface area contributed by atoms with Crippen LogP contribution in [0.1, 0.15) is 11.1 Å². The highest BCUT2D eigenvalue weighted by atomic mass is 19.4. The maximum atomic E-state index is 12.6. The van der Waals surface area contributed by atoms with E-state index in [0.717, 1.165) is 5.56 Å². The molecular weight excluding hydrogens is 361 g/mol. The van der Waals surface area contributed by atoms with Crippen LogP contribution in [0.3, 0.4) is 0 Å². The predicted molar refractivity (Wildman–Crippen MR) is 92.3 cm³/mol. The molecule has 1 amide bonds. The average Bonchev–Trinajstić information content (AvgIpc) is 2.64. The molecule has 0 aliphatic rings. The lowest BCUT2D eigenvalue weighted by atomic mass is 10.0. The smallest absolute Gasteiger partial charge is 0.444 e. The number of carbonyl (C=O) groups is 2. The Kier molecular flexibility index (Phi) is 6.95. The summed E-state index contributed by atoms with van der Waals surface area (Å²) in [7, 11) is 0. The molecule has 2 aromatic carbocycles. The Morgan fingerprint density at radius 3 is 2.00 bits per heavy atom. The van der Waals surface area contributed by atoms with E-state index in [9.17, 15) is 22.8 Å². The minimum absolute atomic E-state index is 0.0649. The Hall–Kier alpha value is -2.87. The van der Waals surface area contributed by atoms with Crippen molar-refractivity contribution in [2.75, 3.05) is 0 Å². The third-order valence-corrected chi connectivity index (χ3v) is 3.74. The number of benzene rings is 2. The van der Waals surface area contributed by atoms with Crippen LogP contribution >= 0.6 is 0 Å². The van der Waals surface area contributed by atoms with Crippen molar-refractivity contribution in [3.63, 3.8) is 0 Å². The number of hydrogen-bond acceptors (Lipinski definition) is 4. The summed E-state index contributed by atoms with van der Waals surface area (Å²) >= 11 is 0. The topological polar surface area (TPSA) is 81.4 Å². The number of halogens is 3. The summed E-state index contributed by atoms with van der Waals surface area (Å²) in [4.78, 5) is 23.6. The third kappa shape index (κ3) is 6.41. The van der Waals surface area contributed by atoms with Crippen LogP contribution in [0.2, 0.25) is 0 Å². The number of ether oxygens (including phenoxy) is 1. The van der Waals surface area contributed by atoms with Crippen LogP contribution in [0.5, 0.6) is 0 Å². The van der Waals surface area contributed by atoms with Gasteiger partial charge >= 0.3 is 12.1 Å². The maximum Gasteiger partial charge on any atom is 0.490 e. The van der Waals surface area contributed by atoms with Gasteiger partial charge in [0.25, 0.3) is 5.91 Å². The highest BCUT2D eigenvalue weighted by molar-refractivity contribution is 5.85. The number of carbonyl (C=O) groups excluding carboxylic acids is 2. The van der Waals surface area contributed by atoms with E-state index >= 15 is 0 Å². The number of alkyl halides is 3. The summed E-state index contributed by atoms with van der Waals surface area (Å²) in [6.45, 7) is 0.0673.